The van der Waals surface area contributed by atoms with Crippen LogP contribution in [0.4, 0.5) is 4.79 Å². The lowest BCUT2D eigenvalue weighted by Crippen LogP contribution is -2.48. The summed E-state index contributed by atoms with van der Waals surface area (Å²) in [4.78, 5) is 28.0. The molecule has 128 valence electrons. The van der Waals surface area contributed by atoms with E-state index in [1.807, 2.05) is 0 Å². The molecule has 23 heavy (non-hydrogen) atoms. The Labute approximate surface area is 140 Å². The predicted molar refractivity (Wildman–Crippen MR) is 89.2 cm³/mol. The molecule has 0 saturated heterocycles. The highest BCUT2D eigenvalue weighted by Gasteiger charge is 2.23. The van der Waals surface area contributed by atoms with E-state index in [0.717, 1.165) is 37.9 Å². The first-order valence-electron chi connectivity index (χ1n) is 8.23. The average molecular weight is 339 g/mol. The van der Waals surface area contributed by atoms with E-state index >= 15 is 0 Å². The van der Waals surface area contributed by atoms with Crippen LogP contribution in [0.3, 0.4) is 0 Å². The first-order chi connectivity index (χ1) is 11.1. The van der Waals surface area contributed by atoms with E-state index in [1.165, 1.54) is 18.2 Å². The largest absolute Gasteiger partial charge is 0.335 e. The van der Waals surface area contributed by atoms with Gasteiger partial charge in [0.2, 0.25) is 11.1 Å². The molecule has 2 atom stereocenters. The lowest BCUT2D eigenvalue weighted by atomic mass is 9.86. The molecule has 8 heteroatoms. The first kappa shape index (κ1) is 17.8. The number of hydrogen-bond acceptors (Lipinski definition) is 5. The Morgan fingerprint density at radius 2 is 2.13 bits per heavy atom. The Hall–Kier alpha value is -1.57. The Kier molecular flexibility index (Phi) is 6.88. The molecule has 1 fully saturated rings. The zero-order valence-corrected chi connectivity index (χ0v) is 14.5. The number of rotatable bonds is 6. The van der Waals surface area contributed by atoms with Crippen LogP contribution < -0.4 is 10.6 Å². The fourth-order valence-electron chi connectivity index (χ4n) is 2.72. The number of aromatic nitrogens is 3. The molecule has 2 rings (SSSR count). The predicted octanol–water partition coefficient (Wildman–Crippen LogP) is 2.25. The van der Waals surface area contributed by atoms with E-state index < -0.39 is 6.03 Å². The second-order valence-corrected chi connectivity index (χ2v) is 6.94. The molecule has 0 spiro atoms. The van der Waals surface area contributed by atoms with Crippen molar-refractivity contribution in [1.82, 2.24) is 25.8 Å². The van der Waals surface area contributed by atoms with Crippen molar-refractivity contribution in [2.45, 2.75) is 63.6 Å². The number of urea groups is 1. The third kappa shape index (κ3) is 5.85. The van der Waals surface area contributed by atoms with Gasteiger partial charge in [0.05, 0.1) is 5.75 Å². The Bertz CT molecular complexity index is 534. The highest BCUT2D eigenvalue weighted by atomic mass is 32.2. The molecule has 0 bridgehead atoms. The van der Waals surface area contributed by atoms with Crippen LogP contribution in [0.15, 0.2) is 5.16 Å². The summed E-state index contributed by atoms with van der Waals surface area (Å²) in [5.41, 5.74) is 0. The minimum absolute atomic E-state index is 0.122. The summed E-state index contributed by atoms with van der Waals surface area (Å²) >= 11 is 1.22. The number of nitrogens with one attached hydrogen (secondary N) is 3. The molecule has 1 aliphatic rings. The lowest BCUT2D eigenvalue weighted by molar-refractivity contribution is -0.117. The molecule has 7 nitrogen and oxygen atoms in total. The van der Waals surface area contributed by atoms with Gasteiger partial charge in [-0.05, 0) is 25.2 Å². The molecule has 1 aliphatic carbocycles. The first-order valence-corrected chi connectivity index (χ1v) is 9.21. The van der Waals surface area contributed by atoms with Crippen LogP contribution in [0.1, 0.15) is 51.8 Å². The maximum atomic E-state index is 11.9. The molecule has 1 saturated carbocycles. The molecular weight excluding hydrogens is 314 g/mol. The molecule has 1 aromatic rings. The van der Waals surface area contributed by atoms with Crippen LogP contribution in [0.25, 0.3) is 0 Å². The van der Waals surface area contributed by atoms with E-state index in [4.69, 9.17) is 0 Å². The minimum atomic E-state index is -0.406. The number of nitrogens with zero attached hydrogens (tertiary/aromatic N) is 2. The monoisotopic (exact) mass is 339 g/mol. The number of hydrogen-bond donors (Lipinski definition) is 3. The molecule has 0 aromatic carbocycles. The van der Waals surface area contributed by atoms with Gasteiger partial charge in [-0.25, -0.2) is 9.78 Å². The number of thioether (sulfide) groups is 1. The summed E-state index contributed by atoms with van der Waals surface area (Å²) in [5, 5.41) is 12.7. The van der Waals surface area contributed by atoms with Crippen LogP contribution in [-0.4, -0.2) is 38.9 Å². The highest BCUT2D eigenvalue weighted by molar-refractivity contribution is 7.99. The maximum absolute atomic E-state index is 11.9. The third-order valence-corrected chi connectivity index (χ3v) is 4.86. The van der Waals surface area contributed by atoms with Crippen molar-refractivity contribution >= 4 is 23.7 Å². The van der Waals surface area contributed by atoms with Crippen molar-refractivity contribution in [1.29, 1.82) is 0 Å². The standard InChI is InChI=1S/C15H25N5O2S/c1-3-6-12-17-15(20-19-12)23-9-13(21)18-14(22)16-11-8-5-4-7-10(11)2/h10-11H,3-9H2,1-2H3,(H,17,19,20)(H2,16,18,21,22). The summed E-state index contributed by atoms with van der Waals surface area (Å²) < 4.78 is 0. The lowest BCUT2D eigenvalue weighted by Gasteiger charge is -2.29. The number of aryl methyl sites for hydroxylation is 1. The number of carbonyl (C=O) groups excluding carboxylic acids is 2. The van der Waals surface area contributed by atoms with Crippen molar-refractivity contribution in [2.75, 3.05) is 5.75 Å². The van der Waals surface area contributed by atoms with Crippen molar-refractivity contribution in [3.63, 3.8) is 0 Å². The Balaban J connectivity index is 1.70. The van der Waals surface area contributed by atoms with Crippen LogP contribution >= 0.6 is 11.8 Å². The van der Waals surface area contributed by atoms with E-state index in [-0.39, 0.29) is 17.7 Å². The quantitative estimate of drug-likeness (QED) is 0.690. The van der Waals surface area contributed by atoms with Crippen LogP contribution in [0.2, 0.25) is 0 Å². The van der Waals surface area contributed by atoms with Gasteiger partial charge >= 0.3 is 6.03 Å². The molecule has 0 radical (unpaired) electrons. The fraction of sp³-hybridized carbons (Fsp3) is 0.733. The molecule has 1 heterocycles. The zero-order valence-electron chi connectivity index (χ0n) is 13.7. The summed E-state index contributed by atoms with van der Waals surface area (Å²) in [7, 11) is 0. The van der Waals surface area contributed by atoms with E-state index in [1.54, 1.807) is 0 Å². The van der Waals surface area contributed by atoms with Gasteiger partial charge in [-0.2, -0.15) is 0 Å². The van der Waals surface area contributed by atoms with Gasteiger partial charge in [-0.15, -0.1) is 5.10 Å². The number of amides is 3. The average Bonchev–Trinajstić information content (AvgIpc) is 2.96. The van der Waals surface area contributed by atoms with Gasteiger partial charge in [-0.1, -0.05) is 38.5 Å². The van der Waals surface area contributed by atoms with Crippen molar-refractivity contribution in [2.24, 2.45) is 5.92 Å². The molecular formula is C15H25N5O2S. The topological polar surface area (TPSA) is 99.8 Å². The highest BCUT2D eigenvalue weighted by Crippen LogP contribution is 2.23. The molecule has 0 aliphatic heterocycles. The number of imide groups is 1. The Morgan fingerprint density at radius 1 is 1.35 bits per heavy atom. The second-order valence-electron chi connectivity index (χ2n) is 5.99. The van der Waals surface area contributed by atoms with Crippen molar-refractivity contribution < 1.29 is 9.59 Å². The molecule has 3 amide bonds. The normalized spacial score (nSPS) is 21.0. The van der Waals surface area contributed by atoms with E-state index in [0.29, 0.717) is 11.1 Å². The smallest absolute Gasteiger partial charge is 0.321 e. The van der Waals surface area contributed by atoms with E-state index in [9.17, 15) is 9.59 Å². The maximum Gasteiger partial charge on any atom is 0.321 e. The van der Waals surface area contributed by atoms with Crippen LogP contribution in [0, 0.1) is 5.92 Å². The van der Waals surface area contributed by atoms with Crippen LogP contribution in [0.5, 0.6) is 0 Å². The Morgan fingerprint density at radius 3 is 2.87 bits per heavy atom. The van der Waals surface area contributed by atoms with Gasteiger partial charge in [0, 0.05) is 12.5 Å². The van der Waals surface area contributed by atoms with Gasteiger partial charge in [0.15, 0.2) is 0 Å². The molecule has 1 aromatic heterocycles. The van der Waals surface area contributed by atoms with E-state index in [2.05, 4.69) is 39.7 Å². The van der Waals surface area contributed by atoms with Gasteiger partial charge in [0.1, 0.15) is 5.82 Å². The summed E-state index contributed by atoms with van der Waals surface area (Å²) in [6.45, 7) is 4.20. The number of carbonyl (C=O) groups is 2. The molecule has 2 unspecified atom stereocenters. The summed E-state index contributed by atoms with van der Waals surface area (Å²) in [5.74, 6) is 1.07. The van der Waals surface area contributed by atoms with Crippen molar-refractivity contribution in [3.05, 3.63) is 5.82 Å². The van der Waals surface area contributed by atoms with Crippen molar-refractivity contribution in [3.8, 4) is 0 Å². The number of aromatic amines is 1. The summed E-state index contributed by atoms with van der Waals surface area (Å²) in [6, 6.07) is -0.246. The summed E-state index contributed by atoms with van der Waals surface area (Å²) in [6.07, 6.45) is 6.27. The van der Waals surface area contributed by atoms with Gasteiger partial charge in [0.25, 0.3) is 0 Å². The number of H-pyrrole nitrogens is 1. The van der Waals surface area contributed by atoms with Gasteiger partial charge < -0.3 is 5.32 Å². The minimum Gasteiger partial charge on any atom is -0.335 e. The van der Waals surface area contributed by atoms with Gasteiger partial charge in [-0.3, -0.25) is 15.2 Å². The molecule has 3 N–H and O–H groups in total. The van der Waals surface area contributed by atoms with Crippen LogP contribution in [-0.2, 0) is 11.2 Å². The SMILES string of the molecule is CCCc1nc(SCC(=O)NC(=O)NC2CCCCC2C)n[nH]1. The fourth-order valence-corrected chi connectivity index (χ4v) is 3.34. The zero-order chi connectivity index (χ0) is 16.7. The second kappa shape index (κ2) is 8.90. The third-order valence-electron chi connectivity index (χ3n) is 4.01.